The molecule has 3 aromatic rings. The van der Waals surface area contributed by atoms with Gasteiger partial charge in [-0.15, -0.1) is 10.2 Å². The van der Waals surface area contributed by atoms with Crippen LogP contribution in [0.2, 0.25) is 0 Å². The Morgan fingerprint density at radius 2 is 1.72 bits per heavy atom. The van der Waals surface area contributed by atoms with Crippen LogP contribution in [0.5, 0.6) is 0 Å². The number of aryl methyl sites for hydroxylation is 1. The SMILES string of the molecule is Cc1ccnnc1-c1ccc(N[C@H]2CC[C@H](Nc3ncc(C4CC4)nn3)C2)nc1. The van der Waals surface area contributed by atoms with Gasteiger partial charge in [-0.2, -0.15) is 10.2 Å². The molecule has 2 aliphatic carbocycles. The first-order chi connectivity index (χ1) is 14.2. The molecule has 2 saturated carbocycles. The van der Waals surface area contributed by atoms with Crippen molar-refractivity contribution in [1.29, 1.82) is 0 Å². The molecule has 3 heterocycles. The second kappa shape index (κ2) is 7.69. The predicted molar refractivity (Wildman–Crippen MR) is 110 cm³/mol. The van der Waals surface area contributed by atoms with Crippen molar-refractivity contribution in [2.75, 3.05) is 10.6 Å². The molecule has 0 bridgehead atoms. The van der Waals surface area contributed by atoms with E-state index in [0.29, 0.717) is 23.9 Å². The Balaban J connectivity index is 1.16. The zero-order valence-corrected chi connectivity index (χ0v) is 16.4. The Hall–Kier alpha value is -3.16. The van der Waals surface area contributed by atoms with E-state index in [4.69, 9.17) is 0 Å². The Kier molecular flexibility index (Phi) is 4.75. The highest BCUT2D eigenvalue weighted by molar-refractivity contribution is 5.62. The lowest BCUT2D eigenvalue weighted by molar-refractivity contribution is 0.711. The Morgan fingerprint density at radius 1 is 0.862 bits per heavy atom. The first-order valence-corrected chi connectivity index (χ1v) is 10.2. The minimum atomic E-state index is 0.350. The molecule has 0 saturated heterocycles. The highest BCUT2D eigenvalue weighted by atomic mass is 15.2. The van der Waals surface area contributed by atoms with Crippen molar-refractivity contribution in [2.24, 2.45) is 0 Å². The van der Waals surface area contributed by atoms with E-state index >= 15 is 0 Å². The van der Waals surface area contributed by atoms with Crippen molar-refractivity contribution in [3.8, 4) is 11.3 Å². The lowest BCUT2D eigenvalue weighted by atomic mass is 10.1. The van der Waals surface area contributed by atoms with E-state index in [-0.39, 0.29) is 0 Å². The predicted octanol–water partition coefficient (Wildman–Crippen LogP) is 3.35. The summed E-state index contributed by atoms with van der Waals surface area (Å²) in [5.41, 5.74) is 3.96. The van der Waals surface area contributed by atoms with E-state index in [1.165, 1.54) is 12.8 Å². The van der Waals surface area contributed by atoms with Gasteiger partial charge in [0.2, 0.25) is 5.95 Å². The number of aromatic nitrogens is 6. The van der Waals surface area contributed by atoms with E-state index in [1.807, 2.05) is 37.5 Å². The van der Waals surface area contributed by atoms with Crippen LogP contribution in [-0.4, -0.2) is 42.4 Å². The van der Waals surface area contributed by atoms with Gasteiger partial charge in [-0.1, -0.05) is 0 Å². The maximum atomic E-state index is 4.57. The molecule has 0 unspecified atom stereocenters. The third kappa shape index (κ3) is 4.16. The van der Waals surface area contributed by atoms with Crippen LogP contribution in [0, 0.1) is 6.92 Å². The first-order valence-electron chi connectivity index (χ1n) is 10.2. The number of hydrogen-bond acceptors (Lipinski definition) is 8. The van der Waals surface area contributed by atoms with Gasteiger partial charge in [0.05, 0.1) is 17.6 Å². The summed E-state index contributed by atoms with van der Waals surface area (Å²) in [4.78, 5) is 9.00. The van der Waals surface area contributed by atoms with Crippen LogP contribution in [0.3, 0.4) is 0 Å². The zero-order valence-electron chi connectivity index (χ0n) is 16.4. The van der Waals surface area contributed by atoms with E-state index < -0.39 is 0 Å². The van der Waals surface area contributed by atoms with Crippen LogP contribution in [0.4, 0.5) is 11.8 Å². The fourth-order valence-electron chi connectivity index (χ4n) is 3.85. The van der Waals surface area contributed by atoms with Gasteiger partial charge < -0.3 is 10.6 Å². The number of anilines is 2. The topological polar surface area (TPSA) is 101 Å². The van der Waals surface area contributed by atoms with Crippen molar-refractivity contribution >= 4 is 11.8 Å². The van der Waals surface area contributed by atoms with Crippen LogP contribution in [0.15, 0.2) is 36.8 Å². The van der Waals surface area contributed by atoms with Gasteiger partial charge in [0.1, 0.15) is 5.82 Å². The van der Waals surface area contributed by atoms with Crippen molar-refractivity contribution in [3.63, 3.8) is 0 Å². The Labute approximate surface area is 169 Å². The average Bonchev–Trinajstić information content (AvgIpc) is 3.51. The summed E-state index contributed by atoms with van der Waals surface area (Å²) in [6, 6.07) is 6.73. The van der Waals surface area contributed by atoms with Gasteiger partial charge in [-0.25, -0.2) is 9.97 Å². The van der Waals surface area contributed by atoms with Crippen LogP contribution in [0.25, 0.3) is 11.3 Å². The van der Waals surface area contributed by atoms with Crippen LogP contribution < -0.4 is 10.6 Å². The lowest BCUT2D eigenvalue weighted by Crippen LogP contribution is -2.22. The monoisotopic (exact) mass is 388 g/mol. The summed E-state index contributed by atoms with van der Waals surface area (Å²) >= 11 is 0. The van der Waals surface area contributed by atoms with Crippen LogP contribution in [-0.2, 0) is 0 Å². The van der Waals surface area contributed by atoms with E-state index in [0.717, 1.165) is 47.6 Å². The molecule has 148 valence electrons. The second-order valence-electron chi connectivity index (χ2n) is 7.97. The number of nitrogens with zero attached hydrogens (tertiary/aromatic N) is 6. The molecule has 0 radical (unpaired) electrons. The molecule has 0 aromatic carbocycles. The van der Waals surface area contributed by atoms with Gasteiger partial charge in [0.25, 0.3) is 0 Å². The van der Waals surface area contributed by atoms with Gasteiger partial charge in [0, 0.05) is 36.0 Å². The molecule has 2 aliphatic rings. The van der Waals surface area contributed by atoms with Crippen LogP contribution in [0.1, 0.15) is 49.3 Å². The number of pyridine rings is 1. The smallest absolute Gasteiger partial charge is 0.242 e. The van der Waals surface area contributed by atoms with Crippen molar-refractivity contribution in [3.05, 3.63) is 48.0 Å². The molecule has 0 amide bonds. The molecule has 2 fully saturated rings. The van der Waals surface area contributed by atoms with Crippen molar-refractivity contribution in [2.45, 2.75) is 57.0 Å². The van der Waals surface area contributed by atoms with E-state index in [9.17, 15) is 0 Å². The fourth-order valence-corrected chi connectivity index (χ4v) is 3.85. The molecule has 5 rings (SSSR count). The molecule has 2 atom stereocenters. The molecule has 3 aromatic heterocycles. The molecule has 8 nitrogen and oxygen atoms in total. The van der Waals surface area contributed by atoms with Gasteiger partial charge in [-0.3, -0.25) is 0 Å². The lowest BCUT2D eigenvalue weighted by Gasteiger charge is -2.15. The summed E-state index contributed by atoms with van der Waals surface area (Å²) in [5.74, 6) is 2.09. The Morgan fingerprint density at radius 3 is 2.41 bits per heavy atom. The standard InChI is InChI=1S/C21H24N8/c1-13-8-9-24-28-20(13)15-4-7-19(22-11-15)25-16-5-6-17(10-16)26-21-23-12-18(27-29-21)14-2-3-14/h4,7-9,11-12,14,16-17H,2-3,5-6,10H2,1H3,(H,22,25)(H,23,26,29)/t16-,17-/m0/s1. The first kappa shape index (κ1) is 17.9. The summed E-state index contributed by atoms with van der Waals surface area (Å²) in [6.07, 6.45) is 11.0. The summed E-state index contributed by atoms with van der Waals surface area (Å²) in [5, 5.41) is 23.7. The maximum absolute atomic E-state index is 4.57. The normalized spacial score (nSPS) is 21.1. The quantitative estimate of drug-likeness (QED) is 0.663. The van der Waals surface area contributed by atoms with Gasteiger partial charge in [0.15, 0.2) is 0 Å². The minimum absolute atomic E-state index is 0.350. The number of nitrogens with one attached hydrogen (secondary N) is 2. The molecule has 0 aliphatic heterocycles. The highest BCUT2D eigenvalue weighted by Crippen LogP contribution is 2.38. The molecule has 29 heavy (non-hydrogen) atoms. The van der Waals surface area contributed by atoms with Crippen molar-refractivity contribution in [1.82, 2.24) is 30.4 Å². The Bertz CT molecular complexity index is 969. The highest BCUT2D eigenvalue weighted by Gasteiger charge is 2.27. The molecular formula is C21H24N8. The maximum Gasteiger partial charge on any atom is 0.242 e. The molecule has 8 heteroatoms. The van der Waals surface area contributed by atoms with Gasteiger partial charge in [-0.05, 0) is 62.8 Å². The summed E-state index contributed by atoms with van der Waals surface area (Å²) in [6.45, 7) is 2.03. The largest absolute Gasteiger partial charge is 0.367 e. The fraction of sp³-hybridized carbons (Fsp3) is 0.429. The molecule has 2 N–H and O–H groups in total. The van der Waals surface area contributed by atoms with Gasteiger partial charge >= 0.3 is 0 Å². The number of hydrogen-bond donors (Lipinski definition) is 2. The summed E-state index contributed by atoms with van der Waals surface area (Å²) < 4.78 is 0. The van der Waals surface area contributed by atoms with E-state index in [2.05, 4.69) is 41.0 Å². The van der Waals surface area contributed by atoms with Crippen LogP contribution >= 0.6 is 0 Å². The molecular weight excluding hydrogens is 364 g/mol. The second-order valence-corrected chi connectivity index (χ2v) is 7.97. The van der Waals surface area contributed by atoms with E-state index in [1.54, 1.807) is 6.20 Å². The third-order valence-electron chi connectivity index (χ3n) is 5.65. The molecule has 0 spiro atoms. The van der Waals surface area contributed by atoms with Crippen molar-refractivity contribution < 1.29 is 0 Å². The summed E-state index contributed by atoms with van der Waals surface area (Å²) in [7, 11) is 0. The zero-order chi connectivity index (χ0) is 19.6. The third-order valence-corrected chi connectivity index (χ3v) is 5.65. The number of rotatable bonds is 6. The average molecular weight is 388 g/mol. The minimum Gasteiger partial charge on any atom is -0.367 e.